The summed E-state index contributed by atoms with van der Waals surface area (Å²) in [4.78, 5) is 37.6. The van der Waals surface area contributed by atoms with E-state index in [1.807, 2.05) is 24.3 Å². The number of carboxylic acid groups (broad SMARTS) is 1. The number of hydrogen-bond acceptors (Lipinski definition) is 5. The van der Waals surface area contributed by atoms with Crippen molar-refractivity contribution in [2.24, 2.45) is 0 Å². The van der Waals surface area contributed by atoms with E-state index in [4.69, 9.17) is 9.84 Å². The first kappa shape index (κ1) is 22.6. The van der Waals surface area contributed by atoms with E-state index in [0.717, 1.165) is 22.3 Å². The molecular formula is C27H24N2O6. The number of likely N-dealkylation sites (tertiary alicyclic amines) is 1. The summed E-state index contributed by atoms with van der Waals surface area (Å²) in [6, 6.07) is 22.4. The summed E-state index contributed by atoms with van der Waals surface area (Å²) in [5.74, 6) is -1.76. The minimum Gasteiger partial charge on any atom is -0.479 e. The van der Waals surface area contributed by atoms with E-state index in [1.54, 1.807) is 24.3 Å². The number of carbonyl (C=O) groups excluding carboxylic acids is 2. The van der Waals surface area contributed by atoms with Crippen molar-refractivity contribution in [2.75, 3.05) is 25.0 Å². The van der Waals surface area contributed by atoms with Crippen LogP contribution in [0.4, 0.5) is 10.5 Å². The van der Waals surface area contributed by atoms with E-state index in [9.17, 15) is 19.5 Å². The number of amides is 2. The maximum Gasteiger partial charge on any atom is 0.411 e. The third kappa shape index (κ3) is 4.24. The molecular weight excluding hydrogens is 448 g/mol. The van der Waals surface area contributed by atoms with Gasteiger partial charge in [-0.25, -0.2) is 9.59 Å². The summed E-state index contributed by atoms with van der Waals surface area (Å²) in [5, 5.41) is 21.9. The lowest BCUT2D eigenvalue weighted by Gasteiger charge is -2.19. The van der Waals surface area contributed by atoms with Crippen LogP contribution < -0.4 is 5.32 Å². The minimum absolute atomic E-state index is 0.0184. The van der Waals surface area contributed by atoms with Crippen LogP contribution in [0.25, 0.3) is 11.1 Å². The predicted octanol–water partition coefficient (Wildman–Crippen LogP) is 3.71. The number of carbonyl (C=O) groups is 3. The SMILES string of the molecule is O=C(Nc1ccc(C(=O)N2CCC(O)(C(=O)O)C2)cc1)OCC1c2ccccc2-c2ccccc21. The Morgan fingerprint density at radius 1 is 0.943 bits per heavy atom. The molecule has 1 fully saturated rings. The first-order valence-corrected chi connectivity index (χ1v) is 11.3. The lowest BCUT2D eigenvalue weighted by molar-refractivity contribution is -0.156. The molecule has 3 N–H and O–H groups in total. The molecule has 0 saturated carbocycles. The molecule has 35 heavy (non-hydrogen) atoms. The van der Waals surface area contributed by atoms with Gasteiger partial charge in [-0.3, -0.25) is 10.1 Å². The van der Waals surface area contributed by atoms with Crippen molar-refractivity contribution in [3.05, 3.63) is 89.5 Å². The summed E-state index contributed by atoms with van der Waals surface area (Å²) >= 11 is 0. The summed E-state index contributed by atoms with van der Waals surface area (Å²) in [7, 11) is 0. The van der Waals surface area contributed by atoms with Crippen molar-refractivity contribution in [1.29, 1.82) is 0 Å². The van der Waals surface area contributed by atoms with Crippen LogP contribution in [-0.4, -0.2) is 58.4 Å². The smallest absolute Gasteiger partial charge is 0.411 e. The molecule has 8 heteroatoms. The molecule has 1 saturated heterocycles. The summed E-state index contributed by atoms with van der Waals surface area (Å²) < 4.78 is 5.54. The van der Waals surface area contributed by atoms with Gasteiger partial charge in [0.1, 0.15) is 6.61 Å². The van der Waals surface area contributed by atoms with Crippen molar-refractivity contribution in [2.45, 2.75) is 17.9 Å². The standard InChI is InChI=1S/C27H24N2O6/c30-24(29-14-13-27(34,16-29)25(31)32)17-9-11-18(12-10-17)28-26(33)35-15-23-21-7-3-1-5-19(21)20-6-2-4-8-22(20)23/h1-12,23,34H,13-16H2,(H,28,33)(H,31,32). The fraction of sp³-hybridized carbons (Fsp3) is 0.222. The molecule has 0 aromatic heterocycles. The molecule has 1 aliphatic carbocycles. The molecule has 0 spiro atoms. The number of rotatable bonds is 5. The zero-order chi connectivity index (χ0) is 24.6. The number of nitrogens with zero attached hydrogens (tertiary/aromatic N) is 1. The maximum absolute atomic E-state index is 12.7. The average molecular weight is 472 g/mol. The number of β-amino-alcohol motifs (C(OH)–C–C–N with tert-alkyl or cyclic N) is 1. The molecule has 0 bridgehead atoms. The second-order valence-corrected chi connectivity index (χ2v) is 8.84. The molecule has 1 unspecified atom stereocenters. The van der Waals surface area contributed by atoms with Gasteiger partial charge in [0.25, 0.3) is 5.91 Å². The third-order valence-electron chi connectivity index (χ3n) is 6.65. The van der Waals surface area contributed by atoms with Gasteiger partial charge in [0.15, 0.2) is 5.60 Å². The van der Waals surface area contributed by atoms with Gasteiger partial charge in [-0.2, -0.15) is 0 Å². The van der Waals surface area contributed by atoms with Crippen LogP contribution in [0.3, 0.4) is 0 Å². The molecule has 8 nitrogen and oxygen atoms in total. The molecule has 5 rings (SSSR count). The Kier molecular flexibility index (Phi) is 5.74. The van der Waals surface area contributed by atoms with Crippen LogP contribution in [0.1, 0.15) is 33.8 Å². The molecule has 0 radical (unpaired) electrons. The molecule has 3 aromatic carbocycles. The fourth-order valence-corrected chi connectivity index (χ4v) is 4.77. The van der Waals surface area contributed by atoms with Crippen LogP contribution in [0.15, 0.2) is 72.8 Å². The third-order valence-corrected chi connectivity index (χ3v) is 6.65. The van der Waals surface area contributed by atoms with Crippen molar-refractivity contribution >= 4 is 23.7 Å². The van der Waals surface area contributed by atoms with Crippen LogP contribution in [-0.2, 0) is 9.53 Å². The number of aliphatic hydroxyl groups is 1. The van der Waals surface area contributed by atoms with E-state index in [2.05, 4.69) is 29.6 Å². The van der Waals surface area contributed by atoms with Gasteiger partial charge in [-0.1, -0.05) is 48.5 Å². The van der Waals surface area contributed by atoms with Gasteiger partial charge in [-0.15, -0.1) is 0 Å². The van der Waals surface area contributed by atoms with Crippen LogP contribution >= 0.6 is 0 Å². The quantitative estimate of drug-likeness (QED) is 0.521. The van der Waals surface area contributed by atoms with Crippen LogP contribution in [0.2, 0.25) is 0 Å². The largest absolute Gasteiger partial charge is 0.479 e. The lowest BCUT2D eigenvalue weighted by Crippen LogP contribution is -2.42. The zero-order valence-corrected chi connectivity index (χ0v) is 18.8. The Bertz CT molecular complexity index is 1260. The van der Waals surface area contributed by atoms with Gasteiger partial charge < -0.3 is 19.8 Å². The first-order valence-electron chi connectivity index (χ1n) is 11.3. The van der Waals surface area contributed by atoms with Gasteiger partial charge in [0.2, 0.25) is 0 Å². The molecule has 1 heterocycles. The van der Waals surface area contributed by atoms with Crippen LogP contribution in [0, 0.1) is 0 Å². The Morgan fingerprint density at radius 2 is 1.54 bits per heavy atom. The highest BCUT2D eigenvalue weighted by atomic mass is 16.5. The van der Waals surface area contributed by atoms with Crippen LogP contribution in [0.5, 0.6) is 0 Å². The number of aliphatic carboxylic acids is 1. The number of benzene rings is 3. The van der Waals surface area contributed by atoms with Gasteiger partial charge in [-0.05, 0) is 46.5 Å². The normalized spacial score (nSPS) is 18.6. The number of nitrogens with one attached hydrogen (secondary N) is 1. The van der Waals surface area contributed by atoms with E-state index in [0.29, 0.717) is 11.3 Å². The fourth-order valence-electron chi connectivity index (χ4n) is 4.77. The molecule has 3 aromatic rings. The topological polar surface area (TPSA) is 116 Å². The van der Waals surface area contributed by atoms with Crippen molar-refractivity contribution in [1.82, 2.24) is 4.90 Å². The molecule has 2 aliphatic rings. The number of ether oxygens (including phenoxy) is 1. The zero-order valence-electron chi connectivity index (χ0n) is 18.8. The summed E-state index contributed by atoms with van der Waals surface area (Å²) in [6.07, 6.45) is -0.618. The molecule has 178 valence electrons. The predicted molar refractivity (Wildman–Crippen MR) is 128 cm³/mol. The highest BCUT2D eigenvalue weighted by Gasteiger charge is 2.44. The highest BCUT2D eigenvalue weighted by molar-refractivity contribution is 5.96. The first-order chi connectivity index (χ1) is 16.9. The summed E-state index contributed by atoms with van der Waals surface area (Å²) in [6.45, 7) is 0.0835. The number of carboxylic acids is 1. The average Bonchev–Trinajstić information content (AvgIpc) is 3.42. The van der Waals surface area contributed by atoms with Gasteiger partial charge in [0.05, 0.1) is 6.54 Å². The Morgan fingerprint density at radius 3 is 2.11 bits per heavy atom. The molecule has 2 amide bonds. The Hall–Kier alpha value is -4.17. The van der Waals surface area contributed by atoms with Gasteiger partial charge in [0, 0.05) is 30.1 Å². The second-order valence-electron chi connectivity index (χ2n) is 8.84. The van der Waals surface area contributed by atoms with Crippen molar-refractivity contribution in [3.8, 4) is 11.1 Å². The van der Waals surface area contributed by atoms with E-state index in [1.165, 1.54) is 4.90 Å². The lowest BCUT2D eigenvalue weighted by atomic mass is 9.98. The monoisotopic (exact) mass is 472 g/mol. The Labute approximate surface area is 201 Å². The molecule has 1 aliphatic heterocycles. The number of fused-ring (bicyclic) bond motifs is 3. The van der Waals surface area contributed by atoms with E-state index in [-0.39, 0.29) is 37.9 Å². The number of hydrogen-bond donors (Lipinski definition) is 3. The molecule has 1 atom stereocenters. The second kappa shape index (κ2) is 8.88. The summed E-state index contributed by atoms with van der Waals surface area (Å²) in [5.41, 5.74) is 3.43. The van der Waals surface area contributed by atoms with Crippen molar-refractivity contribution < 1.29 is 29.3 Å². The maximum atomic E-state index is 12.7. The minimum atomic E-state index is -1.92. The van der Waals surface area contributed by atoms with Gasteiger partial charge >= 0.3 is 12.1 Å². The van der Waals surface area contributed by atoms with Crippen molar-refractivity contribution in [3.63, 3.8) is 0 Å². The highest BCUT2D eigenvalue weighted by Crippen LogP contribution is 2.44. The number of anilines is 1. The van der Waals surface area contributed by atoms with E-state index >= 15 is 0 Å². The van der Waals surface area contributed by atoms with E-state index < -0.39 is 17.7 Å². The Balaban J connectivity index is 1.19.